The zero-order valence-electron chi connectivity index (χ0n) is 12.6. The summed E-state index contributed by atoms with van der Waals surface area (Å²) in [7, 11) is 0. The number of nitrogens with zero attached hydrogens (tertiary/aromatic N) is 3. The molecule has 0 unspecified atom stereocenters. The normalized spacial score (nSPS) is 18.5. The molecule has 23 heavy (non-hydrogen) atoms. The largest absolute Gasteiger partial charge is 0.336 e. The van der Waals surface area contributed by atoms with Crippen molar-refractivity contribution in [2.24, 2.45) is 0 Å². The minimum atomic E-state index is -0.564. The number of carbonyl (C=O) groups excluding carboxylic acids is 1. The van der Waals surface area contributed by atoms with Gasteiger partial charge in [0.2, 0.25) is 0 Å². The van der Waals surface area contributed by atoms with Gasteiger partial charge < -0.3 is 10.6 Å². The van der Waals surface area contributed by atoms with Crippen LogP contribution < -0.4 is 16.2 Å². The van der Waals surface area contributed by atoms with E-state index in [1.807, 2.05) is 0 Å². The first-order valence-corrected chi connectivity index (χ1v) is 7.82. The van der Waals surface area contributed by atoms with Crippen LogP contribution in [0.1, 0.15) is 42.6 Å². The highest BCUT2D eigenvalue weighted by molar-refractivity contribution is 5.95. The quantitative estimate of drug-likeness (QED) is 0.882. The molecule has 4 rings (SSSR count). The fraction of sp³-hybridized carbons (Fsp3) is 0.375. The Kier molecular flexibility index (Phi) is 3.14. The van der Waals surface area contributed by atoms with E-state index >= 15 is 0 Å². The predicted octanol–water partition coefficient (Wildman–Crippen LogP) is 1.74. The molecule has 7 heteroatoms. The molecule has 118 valence electrons. The Morgan fingerprint density at radius 3 is 2.70 bits per heavy atom. The lowest BCUT2D eigenvalue weighted by atomic mass is 9.89. The molecule has 2 aromatic rings. The van der Waals surface area contributed by atoms with Crippen molar-refractivity contribution in [1.82, 2.24) is 19.9 Å². The SMILES string of the molecule is O=C1NC2(CCCCC2)n2c1ccc(Nc1ccncn1)c2=O. The van der Waals surface area contributed by atoms with Crippen molar-refractivity contribution in [3.8, 4) is 0 Å². The summed E-state index contributed by atoms with van der Waals surface area (Å²) in [6, 6.07) is 5.03. The minimum absolute atomic E-state index is 0.169. The molecule has 1 aliphatic carbocycles. The van der Waals surface area contributed by atoms with Gasteiger partial charge in [0.1, 0.15) is 29.2 Å². The fourth-order valence-electron chi connectivity index (χ4n) is 3.55. The van der Waals surface area contributed by atoms with E-state index in [1.54, 1.807) is 29.0 Å². The molecule has 0 radical (unpaired) electrons. The van der Waals surface area contributed by atoms with Gasteiger partial charge in [-0.05, 0) is 43.9 Å². The molecule has 0 saturated heterocycles. The predicted molar refractivity (Wildman–Crippen MR) is 84.5 cm³/mol. The van der Waals surface area contributed by atoms with Gasteiger partial charge in [-0.3, -0.25) is 14.2 Å². The highest BCUT2D eigenvalue weighted by Crippen LogP contribution is 2.36. The molecular weight excluding hydrogens is 294 g/mol. The number of rotatable bonds is 2. The zero-order chi connectivity index (χ0) is 15.9. The molecule has 2 aromatic heterocycles. The Morgan fingerprint density at radius 2 is 1.96 bits per heavy atom. The van der Waals surface area contributed by atoms with Gasteiger partial charge in [-0.2, -0.15) is 0 Å². The average molecular weight is 311 g/mol. The van der Waals surface area contributed by atoms with E-state index in [9.17, 15) is 9.59 Å². The number of hydrogen-bond acceptors (Lipinski definition) is 5. The summed E-state index contributed by atoms with van der Waals surface area (Å²) in [6.45, 7) is 0. The van der Waals surface area contributed by atoms with Crippen molar-refractivity contribution in [3.63, 3.8) is 0 Å². The molecule has 1 fully saturated rings. The summed E-state index contributed by atoms with van der Waals surface area (Å²) >= 11 is 0. The molecule has 1 amide bonds. The van der Waals surface area contributed by atoms with E-state index in [-0.39, 0.29) is 11.5 Å². The molecule has 1 aliphatic heterocycles. The zero-order valence-corrected chi connectivity index (χ0v) is 12.6. The summed E-state index contributed by atoms with van der Waals surface area (Å²) < 4.78 is 1.64. The first-order valence-electron chi connectivity index (χ1n) is 7.82. The van der Waals surface area contributed by atoms with Crippen LogP contribution in [0.4, 0.5) is 11.5 Å². The molecular formula is C16H17N5O2. The molecule has 1 saturated carbocycles. The number of nitrogens with one attached hydrogen (secondary N) is 2. The first-order chi connectivity index (χ1) is 11.2. The third kappa shape index (κ3) is 2.19. The molecule has 0 bridgehead atoms. The van der Waals surface area contributed by atoms with E-state index in [2.05, 4.69) is 20.6 Å². The van der Waals surface area contributed by atoms with Gasteiger partial charge in [-0.1, -0.05) is 6.42 Å². The van der Waals surface area contributed by atoms with Crippen molar-refractivity contribution in [3.05, 3.63) is 46.8 Å². The summed E-state index contributed by atoms with van der Waals surface area (Å²) in [5.41, 5.74) is 0.0888. The topological polar surface area (TPSA) is 88.9 Å². The standard InChI is InChI=1S/C16H17N5O2/c22-14-12-5-4-11(19-13-6-9-17-10-18-13)15(23)21(12)16(20-14)7-2-1-3-8-16/h4-6,9-10H,1-3,7-8H2,(H,20,22)(H,17,18,19). The Morgan fingerprint density at radius 1 is 1.13 bits per heavy atom. The lowest BCUT2D eigenvalue weighted by Gasteiger charge is -2.35. The molecule has 3 heterocycles. The molecule has 0 aromatic carbocycles. The van der Waals surface area contributed by atoms with Crippen LogP contribution in [0.3, 0.4) is 0 Å². The minimum Gasteiger partial charge on any atom is -0.336 e. The van der Waals surface area contributed by atoms with Gasteiger partial charge in [-0.25, -0.2) is 9.97 Å². The number of anilines is 2. The number of pyridine rings is 1. The van der Waals surface area contributed by atoms with Crippen LogP contribution in [0.2, 0.25) is 0 Å². The van der Waals surface area contributed by atoms with Crippen LogP contribution in [0.15, 0.2) is 35.5 Å². The summed E-state index contributed by atoms with van der Waals surface area (Å²) in [5.74, 6) is 0.380. The second kappa shape index (κ2) is 5.19. The van der Waals surface area contributed by atoms with Crippen LogP contribution >= 0.6 is 0 Å². The van der Waals surface area contributed by atoms with E-state index in [1.165, 1.54) is 6.33 Å². The second-order valence-electron chi connectivity index (χ2n) is 6.04. The third-order valence-electron chi connectivity index (χ3n) is 4.61. The van der Waals surface area contributed by atoms with Crippen molar-refractivity contribution >= 4 is 17.4 Å². The van der Waals surface area contributed by atoms with E-state index in [0.29, 0.717) is 17.2 Å². The average Bonchev–Trinajstić information content (AvgIpc) is 2.84. The number of amides is 1. The molecule has 2 N–H and O–H groups in total. The van der Waals surface area contributed by atoms with Crippen molar-refractivity contribution in [1.29, 1.82) is 0 Å². The van der Waals surface area contributed by atoms with E-state index in [4.69, 9.17) is 0 Å². The third-order valence-corrected chi connectivity index (χ3v) is 4.61. The Hall–Kier alpha value is -2.70. The Labute approximate surface area is 132 Å². The summed E-state index contributed by atoms with van der Waals surface area (Å²) in [6.07, 6.45) is 7.77. The lowest BCUT2D eigenvalue weighted by molar-refractivity contribution is 0.0877. The van der Waals surface area contributed by atoms with Gasteiger partial charge in [0.05, 0.1) is 0 Å². The highest BCUT2D eigenvalue weighted by Gasteiger charge is 2.44. The lowest BCUT2D eigenvalue weighted by Crippen LogP contribution is -2.48. The van der Waals surface area contributed by atoms with Crippen molar-refractivity contribution in [2.75, 3.05) is 5.32 Å². The Bertz CT molecular complexity index is 809. The van der Waals surface area contributed by atoms with Gasteiger partial charge in [0.25, 0.3) is 11.5 Å². The van der Waals surface area contributed by atoms with Crippen LogP contribution in [0, 0.1) is 0 Å². The number of carbonyl (C=O) groups is 1. The molecule has 0 atom stereocenters. The Balaban J connectivity index is 1.80. The molecule has 1 spiro atoms. The van der Waals surface area contributed by atoms with Gasteiger partial charge in [0.15, 0.2) is 0 Å². The highest BCUT2D eigenvalue weighted by atomic mass is 16.2. The summed E-state index contributed by atoms with van der Waals surface area (Å²) in [5, 5.41) is 6.05. The maximum atomic E-state index is 12.9. The number of fused-ring (bicyclic) bond motifs is 2. The van der Waals surface area contributed by atoms with Crippen molar-refractivity contribution in [2.45, 2.75) is 37.8 Å². The fourth-order valence-corrected chi connectivity index (χ4v) is 3.55. The van der Waals surface area contributed by atoms with Gasteiger partial charge >= 0.3 is 0 Å². The second-order valence-corrected chi connectivity index (χ2v) is 6.04. The van der Waals surface area contributed by atoms with Crippen LogP contribution in [-0.4, -0.2) is 20.4 Å². The van der Waals surface area contributed by atoms with Crippen LogP contribution in [0.25, 0.3) is 0 Å². The van der Waals surface area contributed by atoms with E-state index < -0.39 is 5.66 Å². The summed E-state index contributed by atoms with van der Waals surface area (Å²) in [4.78, 5) is 33.1. The maximum Gasteiger partial charge on any atom is 0.276 e. The number of aromatic nitrogens is 3. The number of hydrogen-bond donors (Lipinski definition) is 2. The molecule has 2 aliphatic rings. The van der Waals surface area contributed by atoms with Gasteiger partial charge in [0, 0.05) is 6.20 Å². The molecule has 7 nitrogen and oxygen atoms in total. The van der Waals surface area contributed by atoms with E-state index in [0.717, 1.165) is 32.1 Å². The van der Waals surface area contributed by atoms with Crippen LogP contribution in [0.5, 0.6) is 0 Å². The van der Waals surface area contributed by atoms with Crippen molar-refractivity contribution < 1.29 is 4.79 Å². The first kappa shape index (κ1) is 13.9. The smallest absolute Gasteiger partial charge is 0.276 e. The van der Waals surface area contributed by atoms with Gasteiger partial charge in [-0.15, -0.1) is 0 Å². The maximum absolute atomic E-state index is 12.9. The van der Waals surface area contributed by atoms with Crippen LogP contribution in [-0.2, 0) is 5.66 Å². The monoisotopic (exact) mass is 311 g/mol.